The zero-order chi connectivity index (χ0) is 23.5. The standard InChI is InChI=1S/C30H26BrN3/c1-33(2)27-20-18-23(19-21-27)29-28(31)22-34(32-29)30(24-12-6-3-7-13-24,25-14-8-4-9-15-25)26-16-10-5-11-17-26/h3-22H,1-2H3. The summed E-state index contributed by atoms with van der Waals surface area (Å²) in [6, 6.07) is 40.3. The normalized spacial score (nSPS) is 11.4. The van der Waals surface area contributed by atoms with Crippen molar-refractivity contribution in [3.63, 3.8) is 0 Å². The van der Waals surface area contributed by atoms with Crippen LogP contribution >= 0.6 is 15.9 Å². The fourth-order valence-electron chi connectivity index (χ4n) is 4.57. The van der Waals surface area contributed by atoms with Crippen molar-refractivity contribution in [2.24, 2.45) is 0 Å². The van der Waals surface area contributed by atoms with Gasteiger partial charge in [-0.15, -0.1) is 0 Å². The number of nitrogens with zero attached hydrogens (tertiary/aromatic N) is 3. The minimum absolute atomic E-state index is 0.631. The van der Waals surface area contributed by atoms with Crippen LogP contribution in [0.25, 0.3) is 11.3 Å². The predicted molar refractivity (Wildman–Crippen MR) is 144 cm³/mol. The van der Waals surface area contributed by atoms with Crippen molar-refractivity contribution >= 4 is 21.6 Å². The van der Waals surface area contributed by atoms with Crippen molar-refractivity contribution < 1.29 is 0 Å². The van der Waals surface area contributed by atoms with Crippen molar-refractivity contribution in [1.29, 1.82) is 0 Å². The summed E-state index contributed by atoms with van der Waals surface area (Å²) in [5.74, 6) is 0. The van der Waals surface area contributed by atoms with Crippen molar-refractivity contribution in [3.8, 4) is 11.3 Å². The molecule has 4 heteroatoms. The molecule has 3 nitrogen and oxygen atoms in total. The lowest BCUT2D eigenvalue weighted by Gasteiger charge is -2.36. The summed E-state index contributed by atoms with van der Waals surface area (Å²) in [6.07, 6.45) is 2.10. The van der Waals surface area contributed by atoms with Gasteiger partial charge in [-0.25, -0.2) is 0 Å². The number of hydrogen-bond donors (Lipinski definition) is 0. The molecule has 0 spiro atoms. The minimum atomic E-state index is -0.631. The van der Waals surface area contributed by atoms with Crippen molar-refractivity contribution in [1.82, 2.24) is 9.78 Å². The van der Waals surface area contributed by atoms with Crippen LogP contribution in [0.5, 0.6) is 0 Å². The lowest BCUT2D eigenvalue weighted by molar-refractivity contribution is 0.461. The molecule has 0 aliphatic carbocycles. The Kier molecular flexibility index (Phi) is 6.08. The Morgan fingerprint density at radius 3 is 1.50 bits per heavy atom. The molecule has 0 fully saturated rings. The highest BCUT2D eigenvalue weighted by Gasteiger charge is 2.39. The minimum Gasteiger partial charge on any atom is -0.378 e. The van der Waals surface area contributed by atoms with Crippen LogP contribution in [-0.2, 0) is 5.54 Å². The number of halogens is 1. The summed E-state index contributed by atoms with van der Waals surface area (Å²) in [7, 11) is 4.10. The number of rotatable bonds is 6. The van der Waals surface area contributed by atoms with Crippen LogP contribution in [0.15, 0.2) is 126 Å². The SMILES string of the molecule is CN(C)c1ccc(-c2nn(C(c3ccccc3)(c3ccccc3)c3ccccc3)cc2Br)cc1. The van der Waals surface area contributed by atoms with Crippen LogP contribution in [-0.4, -0.2) is 23.9 Å². The second kappa shape index (κ2) is 9.32. The highest BCUT2D eigenvalue weighted by molar-refractivity contribution is 9.10. The van der Waals surface area contributed by atoms with Gasteiger partial charge in [0.15, 0.2) is 0 Å². The topological polar surface area (TPSA) is 21.1 Å². The van der Waals surface area contributed by atoms with E-state index in [0.717, 1.165) is 38.1 Å². The average Bonchev–Trinajstić information content (AvgIpc) is 3.28. The highest BCUT2D eigenvalue weighted by Crippen LogP contribution is 2.42. The second-order valence-corrected chi connectivity index (χ2v) is 9.37. The van der Waals surface area contributed by atoms with Crippen LogP contribution < -0.4 is 4.90 Å². The van der Waals surface area contributed by atoms with Gasteiger partial charge in [0, 0.05) is 31.5 Å². The van der Waals surface area contributed by atoms with Crippen molar-refractivity contribution in [2.75, 3.05) is 19.0 Å². The molecule has 1 aromatic heterocycles. The van der Waals surface area contributed by atoms with Crippen LogP contribution in [0, 0.1) is 0 Å². The molecular weight excluding hydrogens is 482 g/mol. The molecule has 0 aliphatic heterocycles. The number of benzene rings is 4. The van der Waals surface area contributed by atoms with Gasteiger partial charge in [-0.3, -0.25) is 4.68 Å². The van der Waals surface area contributed by atoms with Gasteiger partial charge >= 0.3 is 0 Å². The number of aromatic nitrogens is 2. The Hall–Kier alpha value is -3.63. The third-order valence-electron chi connectivity index (χ3n) is 6.25. The zero-order valence-electron chi connectivity index (χ0n) is 19.3. The summed E-state index contributed by atoms with van der Waals surface area (Å²) in [5.41, 5.74) is 5.96. The van der Waals surface area contributed by atoms with E-state index in [-0.39, 0.29) is 0 Å². The third-order valence-corrected chi connectivity index (χ3v) is 6.83. The maximum Gasteiger partial charge on any atom is 0.138 e. The fourth-order valence-corrected chi connectivity index (χ4v) is 5.07. The van der Waals surface area contributed by atoms with E-state index in [4.69, 9.17) is 5.10 Å². The van der Waals surface area contributed by atoms with E-state index >= 15 is 0 Å². The lowest BCUT2D eigenvalue weighted by Crippen LogP contribution is -2.38. The zero-order valence-corrected chi connectivity index (χ0v) is 20.9. The molecule has 1 heterocycles. The van der Waals surface area contributed by atoms with Gasteiger partial charge in [-0.05, 0) is 44.8 Å². The Morgan fingerprint density at radius 2 is 1.09 bits per heavy atom. The molecular formula is C30H26BrN3. The predicted octanol–water partition coefficient (Wildman–Crippen LogP) is 7.22. The molecule has 4 aromatic carbocycles. The molecule has 0 saturated heterocycles. The van der Waals surface area contributed by atoms with E-state index in [1.807, 2.05) is 14.1 Å². The van der Waals surface area contributed by atoms with E-state index < -0.39 is 5.54 Å². The van der Waals surface area contributed by atoms with Gasteiger partial charge in [-0.2, -0.15) is 5.10 Å². The summed E-state index contributed by atoms with van der Waals surface area (Å²) < 4.78 is 3.06. The molecule has 34 heavy (non-hydrogen) atoms. The Balaban J connectivity index is 1.78. The van der Waals surface area contributed by atoms with Crippen molar-refractivity contribution in [3.05, 3.63) is 143 Å². The van der Waals surface area contributed by atoms with E-state index in [9.17, 15) is 0 Å². The summed E-state index contributed by atoms with van der Waals surface area (Å²) >= 11 is 3.82. The molecule has 5 rings (SSSR count). The van der Waals surface area contributed by atoms with Crippen LogP contribution in [0.1, 0.15) is 16.7 Å². The Labute approximate surface area is 209 Å². The van der Waals surface area contributed by atoms with E-state index in [1.54, 1.807) is 0 Å². The monoisotopic (exact) mass is 507 g/mol. The molecule has 0 bridgehead atoms. The summed E-state index contributed by atoms with van der Waals surface area (Å²) in [5, 5.41) is 5.21. The molecule has 0 amide bonds. The molecule has 5 aromatic rings. The van der Waals surface area contributed by atoms with E-state index in [0.29, 0.717) is 0 Å². The largest absolute Gasteiger partial charge is 0.378 e. The van der Waals surface area contributed by atoms with E-state index in [1.165, 1.54) is 0 Å². The smallest absolute Gasteiger partial charge is 0.138 e. The van der Waals surface area contributed by atoms with Gasteiger partial charge in [0.25, 0.3) is 0 Å². The Bertz CT molecular complexity index is 1260. The first-order chi connectivity index (χ1) is 16.6. The second-order valence-electron chi connectivity index (χ2n) is 8.52. The Morgan fingerprint density at radius 1 is 0.647 bits per heavy atom. The quantitative estimate of drug-likeness (QED) is 0.226. The van der Waals surface area contributed by atoms with Crippen LogP contribution in [0.4, 0.5) is 5.69 Å². The average molecular weight is 508 g/mol. The van der Waals surface area contributed by atoms with Gasteiger partial charge < -0.3 is 4.90 Å². The van der Waals surface area contributed by atoms with Gasteiger partial charge in [-0.1, -0.05) is 103 Å². The molecule has 0 aliphatic rings. The first kappa shape index (κ1) is 22.2. The number of hydrogen-bond acceptors (Lipinski definition) is 2. The van der Waals surface area contributed by atoms with E-state index in [2.05, 4.69) is 147 Å². The summed E-state index contributed by atoms with van der Waals surface area (Å²) in [6.45, 7) is 0. The molecule has 0 atom stereocenters. The fraction of sp³-hybridized carbons (Fsp3) is 0.100. The molecule has 0 radical (unpaired) electrons. The highest BCUT2D eigenvalue weighted by atomic mass is 79.9. The third kappa shape index (κ3) is 3.84. The summed E-state index contributed by atoms with van der Waals surface area (Å²) in [4.78, 5) is 2.10. The van der Waals surface area contributed by atoms with Crippen molar-refractivity contribution in [2.45, 2.75) is 5.54 Å². The van der Waals surface area contributed by atoms with Gasteiger partial charge in [0.05, 0.1) is 4.47 Å². The number of anilines is 1. The maximum atomic E-state index is 5.21. The first-order valence-electron chi connectivity index (χ1n) is 11.3. The van der Waals surface area contributed by atoms with Gasteiger partial charge in [0.2, 0.25) is 0 Å². The molecule has 0 N–H and O–H groups in total. The van der Waals surface area contributed by atoms with Crippen LogP contribution in [0.3, 0.4) is 0 Å². The molecule has 168 valence electrons. The first-order valence-corrected chi connectivity index (χ1v) is 12.1. The molecule has 0 saturated carbocycles. The van der Waals surface area contributed by atoms with Gasteiger partial charge in [0.1, 0.15) is 11.2 Å². The maximum absolute atomic E-state index is 5.21. The lowest BCUT2D eigenvalue weighted by atomic mass is 9.77. The van der Waals surface area contributed by atoms with Crippen LogP contribution in [0.2, 0.25) is 0 Å². The molecule has 0 unspecified atom stereocenters.